The Kier molecular flexibility index (Phi) is 8.17. The molecule has 0 spiro atoms. The SMILES string of the molecule is c1ccc(-c2ccc(N(c3ccc(-c4cccc(-n5c6ccccc6c6ccccc65)c4)cc3)c3ccccc3-c3ccc4oc5ccc6ccccc6c5c4c3)cc2)cc1. The van der Waals surface area contributed by atoms with Gasteiger partial charge in [-0.15, -0.1) is 0 Å². The van der Waals surface area contributed by atoms with Crippen molar-refractivity contribution in [2.24, 2.45) is 0 Å². The van der Waals surface area contributed by atoms with Crippen LogP contribution in [0.3, 0.4) is 0 Å². The maximum Gasteiger partial charge on any atom is 0.136 e. The summed E-state index contributed by atoms with van der Waals surface area (Å²) in [5.41, 5.74) is 15.5. The fourth-order valence-electron chi connectivity index (χ4n) is 9.32. The Hall–Kier alpha value is -8.14. The fraction of sp³-hybridized carbons (Fsp3) is 0. The van der Waals surface area contributed by atoms with Gasteiger partial charge in [0.15, 0.2) is 0 Å². The molecule has 0 amide bonds. The van der Waals surface area contributed by atoms with Crippen molar-refractivity contribution in [2.75, 3.05) is 4.90 Å². The van der Waals surface area contributed by atoms with Crippen LogP contribution < -0.4 is 4.90 Å². The lowest BCUT2D eigenvalue weighted by Gasteiger charge is -2.28. The average molecular weight is 779 g/mol. The van der Waals surface area contributed by atoms with Gasteiger partial charge in [-0.3, -0.25) is 0 Å². The first-order chi connectivity index (χ1) is 30.2. The largest absolute Gasteiger partial charge is 0.456 e. The molecule has 12 rings (SSSR count). The summed E-state index contributed by atoms with van der Waals surface area (Å²) in [6.45, 7) is 0. The summed E-state index contributed by atoms with van der Waals surface area (Å²) < 4.78 is 8.80. The molecule has 0 bridgehead atoms. The van der Waals surface area contributed by atoms with Crippen LogP contribution in [0.4, 0.5) is 17.1 Å². The van der Waals surface area contributed by atoms with Crippen LogP contribution in [-0.4, -0.2) is 4.57 Å². The van der Waals surface area contributed by atoms with Crippen LogP contribution in [-0.2, 0) is 0 Å². The van der Waals surface area contributed by atoms with Crippen LogP contribution in [0.1, 0.15) is 0 Å². The zero-order valence-corrected chi connectivity index (χ0v) is 33.2. The Balaban J connectivity index is 0.980. The number of hydrogen-bond acceptors (Lipinski definition) is 2. The molecular weight excluding hydrogens is 741 g/mol. The van der Waals surface area contributed by atoms with Gasteiger partial charge in [-0.2, -0.15) is 0 Å². The summed E-state index contributed by atoms with van der Waals surface area (Å²) in [6, 6.07) is 82.9. The molecule has 0 radical (unpaired) electrons. The molecule has 0 aliphatic heterocycles. The first-order valence-electron chi connectivity index (χ1n) is 20.8. The molecule has 0 unspecified atom stereocenters. The first kappa shape index (κ1) is 34.9. The van der Waals surface area contributed by atoms with Crippen molar-refractivity contribution < 1.29 is 4.42 Å². The highest BCUT2D eigenvalue weighted by Crippen LogP contribution is 2.44. The number of hydrogen-bond donors (Lipinski definition) is 0. The number of para-hydroxylation sites is 3. The van der Waals surface area contributed by atoms with Crippen molar-refractivity contribution in [3.05, 3.63) is 231 Å². The predicted octanol–water partition coefficient (Wildman–Crippen LogP) is 16.3. The number of benzene rings is 10. The number of fused-ring (bicyclic) bond motifs is 8. The van der Waals surface area contributed by atoms with Gasteiger partial charge >= 0.3 is 0 Å². The highest BCUT2D eigenvalue weighted by molar-refractivity contribution is 6.19. The third kappa shape index (κ3) is 5.90. The molecular formula is C58H38N2O. The molecule has 286 valence electrons. The molecule has 0 saturated heterocycles. The van der Waals surface area contributed by atoms with Crippen LogP contribution in [0.25, 0.3) is 93.6 Å². The lowest BCUT2D eigenvalue weighted by molar-refractivity contribution is 0.669. The molecule has 12 aromatic rings. The molecule has 0 saturated carbocycles. The summed E-state index contributed by atoms with van der Waals surface area (Å²) in [5.74, 6) is 0. The molecule has 0 N–H and O–H groups in total. The number of nitrogens with zero attached hydrogens (tertiary/aromatic N) is 2. The third-order valence-corrected chi connectivity index (χ3v) is 12.2. The van der Waals surface area contributed by atoms with Gasteiger partial charge in [0.1, 0.15) is 11.2 Å². The molecule has 0 fully saturated rings. The zero-order valence-electron chi connectivity index (χ0n) is 33.2. The minimum absolute atomic E-state index is 0.888. The third-order valence-electron chi connectivity index (χ3n) is 12.2. The van der Waals surface area contributed by atoms with Crippen LogP contribution >= 0.6 is 0 Å². The van der Waals surface area contributed by atoms with Gasteiger partial charge < -0.3 is 13.9 Å². The summed E-state index contributed by atoms with van der Waals surface area (Å²) >= 11 is 0. The molecule has 3 heteroatoms. The van der Waals surface area contributed by atoms with E-state index in [4.69, 9.17) is 4.42 Å². The smallest absolute Gasteiger partial charge is 0.136 e. The van der Waals surface area contributed by atoms with E-state index in [1.807, 2.05) is 0 Å². The average Bonchev–Trinajstić information content (AvgIpc) is 3.88. The Morgan fingerprint density at radius 3 is 1.64 bits per heavy atom. The maximum atomic E-state index is 6.42. The first-order valence-corrected chi connectivity index (χ1v) is 20.8. The number of anilines is 3. The monoisotopic (exact) mass is 778 g/mol. The molecule has 3 nitrogen and oxygen atoms in total. The maximum absolute atomic E-state index is 6.42. The van der Waals surface area contributed by atoms with E-state index in [0.717, 1.165) is 61.4 Å². The van der Waals surface area contributed by atoms with Gasteiger partial charge in [-0.25, -0.2) is 0 Å². The molecule has 0 atom stereocenters. The van der Waals surface area contributed by atoms with Crippen LogP contribution in [0.15, 0.2) is 235 Å². The fourth-order valence-corrected chi connectivity index (χ4v) is 9.32. The molecule has 2 aromatic heterocycles. The van der Waals surface area contributed by atoms with Crippen molar-refractivity contribution in [3.63, 3.8) is 0 Å². The Morgan fingerprint density at radius 1 is 0.344 bits per heavy atom. The van der Waals surface area contributed by atoms with Crippen molar-refractivity contribution >= 4 is 71.6 Å². The summed E-state index contributed by atoms with van der Waals surface area (Å²) in [4.78, 5) is 2.38. The van der Waals surface area contributed by atoms with Crippen LogP contribution in [0.5, 0.6) is 0 Å². The van der Waals surface area contributed by atoms with Gasteiger partial charge in [-0.1, -0.05) is 158 Å². The lowest BCUT2D eigenvalue weighted by atomic mass is 9.98. The number of rotatable bonds is 7. The number of furan rings is 1. The Morgan fingerprint density at radius 2 is 0.902 bits per heavy atom. The zero-order chi connectivity index (χ0) is 40.3. The van der Waals surface area contributed by atoms with Gasteiger partial charge in [0.2, 0.25) is 0 Å². The standard InChI is InChI=1S/C58H38N2O/c1-2-13-39(14-3-1)40-25-31-45(32-26-40)59(53-22-9-6-18-48(53)44-30-35-56-52(38-44)58-49-19-5-4-15-42(49)29-36-57(58)61-56)46-33-27-41(28-34-46)43-16-12-17-47(37-43)60-54-23-10-7-20-50(54)51-21-8-11-24-55(51)60/h1-38H. The summed E-state index contributed by atoms with van der Waals surface area (Å²) in [6.07, 6.45) is 0. The molecule has 0 aliphatic rings. The van der Waals surface area contributed by atoms with E-state index in [9.17, 15) is 0 Å². The lowest BCUT2D eigenvalue weighted by Crippen LogP contribution is -2.11. The second-order valence-electron chi connectivity index (χ2n) is 15.7. The van der Waals surface area contributed by atoms with Crippen LogP contribution in [0, 0.1) is 0 Å². The molecule has 61 heavy (non-hydrogen) atoms. The highest BCUT2D eigenvalue weighted by atomic mass is 16.3. The van der Waals surface area contributed by atoms with E-state index < -0.39 is 0 Å². The second-order valence-corrected chi connectivity index (χ2v) is 15.7. The van der Waals surface area contributed by atoms with E-state index >= 15 is 0 Å². The quantitative estimate of drug-likeness (QED) is 0.161. The Labute approximate surface area is 353 Å². The van der Waals surface area contributed by atoms with Gasteiger partial charge in [0, 0.05) is 44.2 Å². The van der Waals surface area contributed by atoms with Gasteiger partial charge in [0.05, 0.1) is 16.7 Å². The van der Waals surface area contributed by atoms with Crippen molar-refractivity contribution in [1.82, 2.24) is 4.57 Å². The topological polar surface area (TPSA) is 21.3 Å². The van der Waals surface area contributed by atoms with Gasteiger partial charge in [-0.05, 0) is 111 Å². The van der Waals surface area contributed by atoms with Crippen LogP contribution in [0.2, 0.25) is 0 Å². The minimum atomic E-state index is 0.888. The van der Waals surface area contributed by atoms with Crippen molar-refractivity contribution in [3.8, 4) is 39.1 Å². The predicted molar refractivity (Wildman–Crippen MR) is 257 cm³/mol. The van der Waals surface area contributed by atoms with E-state index in [1.165, 1.54) is 49.3 Å². The second kappa shape index (κ2) is 14.3. The molecule has 0 aliphatic carbocycles. The van der Waals surface area contributed by atoms with Crippen molar-refractivity contribution in [1.29, 1.82) is 0 Å². The molecule has 10 aromatic carbocycles. The Bertz CT molecular complexity index is 3520. The van der Waals surface area contributed by atoms with E-state index in [-0.39, 0.29) is 0 Å². The minimum Gasteiger partial charge on any atom is -0.456 e. The van der Waals surface area contributed by atoms with E-state index in [0.29, 0.717) is 0 Å². The highest BCUT2D eigenvalue weighted by Gasteiger charge is 2.20. The van der Waals surface area contributed by atoms with E-state index in [2.05, 4.69) is 240 Å². The molecule has 2 heterocycles. The van der Waals surface area contributed by atoms with E-state index in [1.54, 1.807) is 0 Å². The summed E-state index contributed by atoms with van der Waals surface area (Å²) in [5, 5.41) is 7.19. The van der Waals surface area contributed by atoms with Gasteiger partial charge in [0.25, 0.3) is 0 Å². The normalized spacial score (nSPS) is 11.6. The van der Waals surface area contributed by atoms with Crippen molar-refractivity contribution in [2.45, 2.75) is 0 Å². The number of aromatic nitrogens is 1. The summed E-state index contributed by atoms with van der Waals surface area (Å²) in [7, 11) is 0.